The second kappa shape index (κ2) is 8.46. The van der Waals surface area contributed by atoms with Crippen molar-refractivity contribution in [3.05, 3.63) is 97.3 Å². The lowest BCUT2D eigenvalue weighted by atomic mass is 10.0. The third-order valence-electron chi connectivity index (χ3n) is 6.02. The fourth-order valence-corrected chi connectivity index (χ4v) is 4.32. The Balaban J connectivity index is 1.47. The molecular formula is C27H21F2N7. The molecule has 1 N–H and O–H groups in total. The second-order valence-corrected chi connectivity index (χ2v) is 8.64. The lowest BCUT2D eigenvalue weighted by molar-refractivity contribution is 0.585. The molecule has 7 nitrogen and oxygen atoms in total. The molecule has 6 rings (SSSR count). The van der Waals surface area contributed by atoms with Crippen molar-refractivity contribution in [2.24, 2.45) is 14.1 Å². The monoisotopic (exact) mass is 481 g/mol. The molecular weight excluding hydrogens is 460 g/mol. The van der Waals surface area contributed by atoms with Crippen LogP contribution in [0.15, 0.2) is 85.7 Å². The van der Waals surface area contributed by atoms with Crippen LogP contribution in [0.4, 0.5) is 20.2 Å². The average Bonchev–Trinajstić information content (AvgIpc) is 3.58. The highest BCUT2D eigenvalue weighted by Crippen LogP contribution is 2.32. The molecule has 0 saturated carbocycles. The number of halogens is 2. The van der Waals surface area contributed by atoms with Crippen LogP contribution in [0.5, 0.6) is 0 Å². The number of aromatic nitrogens is 6. The van der Waals surface area contributed by atoms with Gasteiger partial charge in [-0.25, -0.2) is 13.8 Å². The fourth-order valence-electron chi connectivity index (χ4n) is 4.32. The van der Waals surface area contributed by atoms with Gasteiger partial charge in [-0.15, -0.1) is 0 Å². The van der Waals surface area contributed by atoms with Gasteiger partial charge in [0.2, 0.25) is 0 Å². The van der Waals surface area contributed by atoms with Gasteiger partial charge in [-0.1, -0.05) is 6.07 Å². The Kier molecular flexibility index (Phi) is 5.10. The molecule has 0 aliphatic carbocycles. The zero-order chi connectivity index (χ0) is 24.8. The standard InChI is InChI=1S/C27H21F2N7/c1-34-14-19(12-31-34)17-3-6-27-26(9-17)30-16-36(27)23-8-18(24-5-4-20(28)10-25(24)29)7-21(11-23)33-22-13-32-35(2)15-22/h3-16,33H,1-2H3. The van der Waals surface area contributed by atoms with Crippen molar-refractivity contribution in [3.8, 4) is 27.9 Å². The molecule has 0 saturated heterocycles. The summed E-state index contributed by atoms with van der Waals surface area (Å²) < 4.78 is 33.7. The first-order chi connectivity index (χ1) is 17.4. The summed E-state index contributed by atoms with van der Waals surface area (Å²) in [5, 5.41) is 11.8. The average molecular weight is 482 g/mol. The molecule has 0 bridgehead atoms. The van der Waals surface area contributed by atoms with Crippen molar-refractivity contribution in [1.29, 1.82) is 0 Å². The largest absolute Gasteiger partial charge is 0.353 e. The maximum absolute atomic E-state index is 14.7. The fraction of sp³-hybridized carbons (Fsp3) is 0.0741. The van der Waals surface area contributed by atoms with Crippen LogP contribution in [-0.4, -0.2) is 29.1 Å². The van der Waals surface area contributed by atoms with Crippen LogP contribution in [0.25, 0.3) is 39.0 Å². The van der Waals surface area contributed by atoms with Crippen LogP contribution >= 0.6 is 0 Å². The van der Waals surface area contributed by atoms with E-state index in [4.69, 9.17) is 0 Å². The van der Waals surface area contributed by atoms with Gasteiger partial charge in [-0.05, 0) is 53.6 Å². The maximum Gasteiger partial charge on any atom is 0.133 e. The highest BCUT2D eigenvalue weighted by molar-refractivity contribution is 5.84. The first-order valence-electron chi connectivity index (χ1n) is 11.3. The molecule has 0 spiro atoms. The van der Waals surface area contributed by atoms with Gasteiger partial charge in [-0.3, -0.25) is 13.9 Å². The molecule has 3 aromatic heterocycles. The summed E-state index contributed by atoms with van der Waals surface area (Å²) in [5.41, 5.74) is 6.93. The molecule has 0 aliphatic heterocycles. The zero-order valence-electron chi connectivity index (χ0n) is 19.5. The number of fused-ring (bicyclic) bond motifs is 1. The van der Waals surface area contributed by atoms with E-state index < -0.39 is 11.6 Å². The van der Waals surface area contributed by atoms with Gasteiger partial charge in [-0.2, -0.15) is 10.2 Å². The summed E-state index contributed by atoms with van der Waals surface area (Å²) in [6, 6.07) is 15.3. The smallest absolute Gasteiger partial charge is 0.133 e. The van der Waals surface area contributed by atoms with E-state index in [1.54, 1.807) is 21.9 Å². The van der Waals surface area contributed by atoms with Crippen LogP contribution in [-0.2, 0) is 14.1 Å². The summed E-state index contributed by atoms with van der Waals surface area (Å²) >= 11 is 0. The van der Waals surface area contributed by atoms with Crippen LogP contribution in [0.1, 0.15) is 0 Å². The van der Waals surface area contributed by atoms with Gasteiger partial charge in [0, 0.05) is 55.1 Å². The summed E-state index contributed by atoms with van der Waals surface area (Å²) in [6.07, 6.45) is 9.06. The number of nitrogens with one attached hydrogen (secondary N) is 1. The van der Waals surface area contributed by atoms with Gasteiger partial charge < -0.3 is 5.32 Å². The molecule has 3 aromatic carbocycles. The maximum atomic E-state index is 14.7. The van der Waals surface area contributed by atoms with Crippen molar-refractivity contribution in [3.63, 3.8) is 0 Å². The number of aryl methyl sites for hydroxylation is 2. The van der Waals surface area contributed by atoms with E-state index in [-0.39, 0.29) is 0 Å². The summed E-state index contributed by atoms with van der Waals surface area (Å²) in [6.45, 7) is 0. The van der Waals surface area contributed by atoms with Crippen molar-refractivity contribution < 1.29 is 8.78 Å². The van der Waals surface area contributed by atoms with E-state index in [1.165, 1.54) is 12.1 Å². The normalized spacial score (nSPS) is 11.3. The molecule has 6 aromatic rings. The molecule has 0 atom stereocenters. The van der Waals surface area contributed by atoms with Crippen molar-refractivity contribution in [2.75, 3.05) is 5.32 Å². The lowest BCUT2D eigenvalue weighted by Gasteiger charge is -2.13. The third kappa shape index (κ3) is 4.00. The quantitative estimate of drug-likeness (QED) is 0.336. The minimum absolute atomic E-state index is 0.302. The number of imidazole rings is 1. The Bertz CT molecular complexity index is 1730. The SMILES string of the molecule is Cn1cc(Nc2cc(-c3ccc(F)cc3F)cc(-n3cnc4cc(-c5cnn(C)c5)ccc43)c2)cn1. The first kappa shape index (κ1) is 21.7. The summed E-state index contributed by atoms with van der Waals surface area (Å²) in [5.74, 6) is -1.25. The molecule has 0 amide bonds. The van der Waals surface area contributed by atoms with Gasteiger partial charge >= 0.3 is 0 Å². The molecule has 0 radical (unpaired) electrons. The zero-order valence-corrected chi connectivity index (χ0v) is 19.5. The summed E-state index contributed by atoms with van der Waals surface area (Å²) in [7, 11) is 3.71. The number of nitrogens with zero attached hydrogens (tertiary/aromatic N) is 6. The molecule has 9 heteroatoms. The summed E-state index contributed by atoms with van der Waals surface area (Å²) in [4.78, 5) is 4.61. The van der Waals surface area contributed by atoms with E-state index in [1.807, 2.05) is 73.7 Å². The van der Waals surface area contributed by atoms with E-state index in [2.05, 4.69) is 20.5 Å². The number of rotatable bonds is 5. The van der Waals surface area contributed by atoms with Gasteiger partial charge in [0.1, 0.15) is 18.0 Å². The molecule has 0 unspecified atom stereocenters. The molecule has 178 valence electrons. The highest BCUT2D eigenvalue weighted by Gasteiger charge is 2.13. The van der Waals surface area contributed by atoms with E-state index in [9.17, 15) is 8.78 Å². The van der Waals surface area contributed by atoms with Crippen LogP contribution < -0.4 is 5.32 Å². The first-order valence-corrected chi connectivity index (χ1v) is 11.3. The van der Waals surface area contributed by atoms with E-state index in [0.29, 0.717) is 11.1 Å². The molecule has 36 heavy (non-hydrogen) atoms. The number of anilines is 2. The van der Waals surface area contributed by atoms with Crippen molar-refractivity contribution >= 4 is 22.4 Å². The minimum Gasteiger partial charge on any atom is -0.353 e. The predicted molar refractivity (Wildman–Crippen MR) is 135 cm³/mol. The lowest BCUT2D eigenvalue weighted by Crippen LogP contribution is -1.97. The Morgan fingerprint density at radius 1 is 0.750 bits per heavy atom. The van der Waals surface area contributed by atoms with Crippen LogP contribution in [0.2, 0.25) is 0 Å². The van der Waals surface area contributed by atoms with Gasteiger partial charge in [0.25, 0.3) is 0 Å². The number of hydrogen-bond donors (Lipinski definition) is 1. The Hall–Kier alpha value is -4.79. The second-order valence-electron chi connectivity index (χ2n) is 8.64. The third-order valence-corrected chi connectivity index (χ3v) is 6.02. The molecule has 0 fully saturated rings. The van der Waals surface area contributed by atoms with Gasteiger partial charge in [0.05, 0.1) is 29.1 Å². The minimum atomic E-state index is -0.629. The molecule has 3 heterocycles. The van der Waals surface area contributed by atoms with E-state index >= 15 is 0 Å². The van der Waals surface area contributed by atoms with Crippen LogP contribution in [0, 0.1) is 11.6 Å². The Labute approximate surface area is 205 Å². The Morgan fingerprint density at radius 3 is 2.33 bits per heavy atom. The number of hydrogen-bond acceptors (Lipinski definition) is 4. The predicted octanol–water partition coefficient (Wildman–Crippen LogP) is 5.85. The topological polar surface area (TPSA) is 65.5 Å². The van der Waals surface area contributed by atoms with Crippen LogP contribution in [0.3, 0.4) is 0 Å². The highest BCUT2D eigenvalue weighted by atomic mass is 19.1. The number of benzene rings is 3. The van der Waals surface area contributed by atoms with E-state index in [0.717, 1.165) is 45.3 Å². The van der Waals surface area contributed by atoms with Gasteiger partial charge in [0.15, 0.2) is 0 Å². The Morgan fingerprint density at radius 2 is 1.58 bits per heavy atom. The van der Waals surface area contributed by atoms with Crippen molar-refractivity contribution in [1.82, 2.24) is 29.1 Å². The van der Waals surface area contributed by atoms with Crippen molar-refractivity contribution in [2.45, 2.75) is 0 Å². The molecule has 0 aliphatic rings.